The highest BCUT2D eigenvalue weighted by molar-refractivity contribution is 5.95. The van der Waals surface area contributed by atoms with Crippen LogP contribution >= 0.6 is 0 Å². The molecular formula is C27H25FN4O2. The Morgan fingerprint density at radius 3 is 2.53 bits per heavy atom. The van der Waals surface area contributed by atoms with Crippen LogP contribution in [0.2, 0.25) is 0 Å². The van der Waals surface area contributed by atoms with Crippen molar-refractivity contribution in [3.63, 3.8) is 0 Å². The van der Waals surface area contributed by atoms with E-state index in [4.69, 9.17) is 4.74 Å². The van der Waals surface area contributed by atoms with E-state index in [9.17, 15) is 9.18 Å². The van der Waals surface area contributed by atoms with E-state index in [1.165, 1.54) is 18.5 Å². The van der Waals surface area contributed by atoms with Gasteiger partial charge in [0.1, 0.15) is 23.7 Å². The van der Waals surface area contributed by atoms with E-state index in [0.717, 1.165) is 23.3 Å². The van der Waals surface area contributed by atoms with Crippen molar-refractivity contribution in [2.75, 3.05) is 11.9 Å². The van der Waals surface area contributed by atoms with Gasteiger partial charge in [0.2, 0.25) is 0 Å². The average Bonchev–Trinajstić information content (AvgIpc) is 2.87. The molecule has 4 rings (SSSR count). The van der Waals surface area contributed by atoms with Gasteiger partial charge in [-0.3, -0.25) is 4.79 Å². The molecule has 0 aliphatic rings. The molecule has 172 valence electrons. The lowest BCUT2D eigenvalue weighted by Gasteiger charge is -2.10. The number of benzene rings is 3. The molecule has 34 heavy (non-hydrogen) atoms. The van der Waals surface area contributed by atoms with Crippen LogP contribution in [0.15, 0.2) is 85.2 Å². The molecule has 0 bridgehead atoms. The summed E-state index contributed by atoms with van der Waals surface area (Å²) in [5.74, 6) is 0.911. The zero-order chi connectivity index (χ0) is 23.8. The zero-order valence-electron chi connectivity index (χ0n) is 18.8. The van der Waals surface area contributed by atoms with Gasteiger partial charge in [0, 0.05) is 29.4 Å². The van der Waals surface area contributed by atoms with E-state index < -0.39 is 0 Å². The Hall–Kier alpha value is -4.26. The zero-order valence-corrected chi connectivity index (χ0v) is 18.8. The lowest BCUT2D eigenvalue weighted by Crippen LogP contribution is -2.22. The molecule has 0 saturated heterocycles. The van der Waals surface area contributed by atoms with Gasteiger partial charge in [-0.2, -0.15) is 0 Å². The van der Waals surface area contributed by atoms with Gasteiger partial charge >= 0.3 is 0 Å². The van der Waals surface area contributed by atoms with E-state index >= 15 is 0 Å². The largest absolute Gasteiger partial charge is 0.494 e. The molecule has 4 aromatic rings. The molecule has 0 aliphatic carbocycles. The lowest BCUT2D eigenvalue weighted by atomic mass is 10.1. The van der Waals surface area contributed by atoms with Crippen LogP contribution in [0.25, 0.3) is 11.3 Å². The quantitative estimate of drug-likeness (QED) is 0.336. The van der Waals surface area contributed by atoms with E-state index in [1.807, 2.05) is 30.3 Å². The first-order valence-electron chi connectivity index (χ1n) is 11.1. The lowest BCUT2D eigenvalue weighted by molar-refractivity contribution is 0.0951. The normalized spacial score (nSPS) is 10.5. The van der Waals surface area contributed by atoms with Crippen molar-refractivity contribution in [3.8, 4) is 17.0 Å². The average molecular weight is 457 g/mol. The summed E-state index contributed by atoms with van der Waals surface area (Å²) in [5, 5.41) is 6.14. The van der Waals surface area contributed by atoms with Crippen molar-refractivity contribution in [1.29, 1.82) is 0 Å². The number of nitrogens with one attached hydrogen (secondary N) is 2. The summed E-state index contributed by atoms with van der Waals surface area (Å²) in [6.45, 7) is 3.16. The van der Waals surface area contributed by atoms with Gasteiger partial charge in [0.15, 0.2) is 0 Å². The first-order valence-corrected chi connectivity index (χ1v) is 11.1. The standard InChI is InChI=1S/C27H25FN4O2/c1-2-14-34-24-12-6-19(7-13-24)17-29-27(33)21-4-3-5-23(15-21)32-26-16-25(30-18-31-26)20-8-10-22(28)11-9-20/h3-13,15-16,18H,2,14,17H2,1H3,(H,29,33)(H,30,31,32). The fourth-order valence-electron chi connectivity index (χ4n) is 3.30. The Bertz CT molecular complexity index is 1240. The van der Waals surface area contributed by atoms with Crippen LogP contribution in [0.3, 0.4) is 0 Å². The van der Waals surface area contributed by atoms with E-state index in [2.05, 4.69) is 27.5 Å². The molecule has 0 atom stereocenters. The third kappa shape index (κ3) is 6.16. The summed E-state index contributed by atoms with van der Waals surface area (Å²) in [7, 11) is 0. The number of nitrogens with zero attached hydrogens (tertiary/aromatic N) is 2. The summed E-state index contributed by atoms with van der Waals surface area (Å²) in [6, 6.07) is 22.8. The maximum atomic E-state index is 13.2. The van der Waals surface area contributed by atoms with Crippen molar-refractivity contribution < 1.29 is 13.9 Å². The van der Waals surface area contributed by atoms with Crippen LogP contribution in [0.1, 0.15) is 29.3 Å². The van der Waals surface area contributed by atoms with Crippen molar-refractivity contribution in [2.45, 2.75) is 19.9 Å². The number of ether oxygens (including phenoxy) is 1. The second-order valence-electron chi connectivity index (χ2n) is 7.68. The molecule has 6 nitrogen and oxygen atoms in total. The number of hydrogen-bond acceptors (Lipinski definition) is 5. The second-order valence-corrected chi connectivity index (χ2v) is 7.68. The van der Waals surface area contributed by atoms with Gasteiger partial charge in [-0.25, -0.2) is 14.4 Å². The molecule has 1 amide bonds. The Balaban J connectivity index is 1.38. The summed E-state index contributed by atoms with van der Waals surface area (Å²) in [6.07, 6.45) is 2.40. The molecule has 0 fully saturated rings. The number of carbonyl (C=O) groups excluding carboxylic acids is 1. The first-order chi connectivity index (χ1) is 16.6. The minimum Gasteiger partial charge on any atom is -0.494 e. The van der Waals surface area contributed by atoms with Crippen LogP contribution in [-0.4, -0.2) is 22.5 Å². The van der Waals surface area contributed by atoms with E-state index in [1.54, 1.807) is 36.4 Å². The van der Waals surface area contributed by atoms with Crippen LogP contribution in [-0.2, 0) is 6.54 Å². The van der Waals surface area contributed by atoms with Crippen LogP contribution in [0.4, 0.5) is 15.9 Å². The summed E-state index contributed by atoms with van der Waals surface area (Å²) >= 11 is 0. The number of anilines is 2. The van der Waals surface area contributed by atoms with Crippen LogP contribution < -0.4 is 15.4 Å². The molecule has 0 unspecified atom stereocenters. The van der Waals surface area contributed by atoms with Crippen molar-refractivity contribution in [2.24, 2.45) is 0 Å². The van der Waals surface area contributed by atoms with Gasteiger partial charge in [-0.1, -0.05) is 25.1 Å². The van der Waals surface area contributed by atoms with E-state index in [-0.39, 0.29) is 11.7 Å². The fraction of sp³-hybridized carbons (Fsp3) is 0.148. The molecule has 7 heteroatoms. The second kappa shape index (κ2) is 11.0. The number of carbonyl (C=O) groups is 1. The van der Waals surface area contributed by atoms with Crippen molar-refractivity contribution in [1.82, 2.24) is 15.3 Å². The number of amides is 1. The van der Waals surface area contributed by atoms with Gasteiger partial charge in [-0.15, -0.1) is 0 Å². The predicted molar refractivity (Wildman–Crippen MR) is 131 cm³/mol. The SMILES string of the molecule is CCCOc1ccc(CNC(=O)c2cccc(Nc3cc(-c4ccc(F)cc4)ncn3)c2)cc1. The molecule has 0 aliphatic heterocycles. The maximum absolute atomic E-state index is 13.2. The third-order valence-electron chi connectivity index (χ3n) is 5.05. The third-order valence-corrected chi connectivity index (χ3v) is 5.05. The molecular weight excluding hydrogens is 431 g/mol. The van der Waals surface area contributed by atoms with Crippen molar-refractivity contribution >= 4 is 17.4 Å². The first kappa shape index (κ1) is 22.9. The minimum atomic E-state index is -0.302. The number of hydrogen-bond donors (Lipinski definition) is 2. The van der Waals surface area contributed by atoms with Crippen LogP contribution in [0.5, 0.6) is 5.75 Å². The molecule has 0 radical (unpaired) electrons. The van der Waals surface area contributed by atoms with Gasteiger partial charge in [0.25, 0.3) is 5.91 Å². The molecule has 2 N–H and O–H groups in total. The number of rotatable bonds is 9. The molecule has 3 aromatic carbocycles. The monoisotopic (exact) mass is 456 g/mol. The summed E-state index contributed by atoms with van der Waals surface area (Å²) in [4.78, 5) is 21.2. The predicted octanol–water partition coefficient (Wildman–Crippen LogP) is 5.75. The van der Waals surface area contributed by atoms with Crippen LogP contribution in [0, 0.1) is 5.82 Å². The summed E-state index contributed by atoms with van der Waals surface area (Å²) < 4.78 is 18.8. The summed E-state index contributed by atoms with van der Waals surface area (Å²) in [5.41, 5.74) is 3.68. The highest BCUT2D eigenvalue weighted by Crippen LogP contribution is 2.22. The Morgan fingerprint density at radius 2 is 1.76 bits per heavy atom. The topological polar surface area (TPSA) is 76.1 Å². The van der Waals surface area contributed by atoms with E-state index in [0.29, 0.717) is 35.9 Å². The Kier molecular flexibility index (Phi) is 7.45. The molecule has 1 heterocycles. The fourth-order valence-corrected chi connectivity index (χ4v) is 3.30. The maximum Gasteiger partial charge on any atom is 0.251 e. The molecule has 0 spiro atoms. The molecule has 1 aromatic heterocycles. The highest BCUT2D eigenvalue weighted by atomic mass is 19.1. The Labute approximate surface area is 197 Å². The van der Waals surface area contributed by atoms with Gasteiger partial charge < -0.3 is 15.4 Å². The Morgan fingerprint density at radius 1 is 0.971 bits per heavy atom. The number of aromatic nitrogens is 2. The van der Waals surface area contributed by atoms with Crippen molar-refractivity contribution in [3.05, 3.63) is 102 Å². The van der Waals surface area contributed by atoms with Gasteiger partial charge in [-0.05, 0) is 66.6 Å². The smallest absolute Gasteiger partial charge is 0.251 e. The highest BCUT2D eigenvalue weighted by Gasteiger charge is 2.08. The number of halogens is 1. The minimum absolute atomic E-state index is 0.176. The van der Waals surface area contributed by atoms with Gasteiger partial charge in [0.05, 0.1) is 12.3 Å². The molecule has 0 saturated carbocycles.